The van der Waals surface area contributed by atoms with Crippen LogP contribution in [0.1, 0.15) is 23.4 Å². The summed E-state index contributed by atoms with van der Waals surface area (Å²) in [6, 6.07) is 10.3. The number of rotatable bonds is 6. The second kappa shape index (κ2) is 7.71. The Kier molecular flexibility index (Phi) is 5.42. The Morgan fingerprint density at radius 2 is 2.18 bits per heavy atom. The number of nitrogens with zero attached hydrogens (tertiary/aromatic N) is 2. The largest absolute Gasteiger partial charge is 0.368 e. The van der Waals surface area contributed by atoms with E-state index in [1.807, 2.05) is 18.2 Å². The summed E-state index contributed by atoms with van der Waals surface area (Å²) in [5, 5.41) is 12.4. The lowest BCUT2D eigenvalue weighted by molar-refractivity contribution is -0.124. The van der Waals surface area contributed by atoms with E-state index in [9.17, 15) is 4.79 Å². The van der Waals surface area contributed by atoms with Crippen LogP contribution in [0.15, 0.2) is 30.3 Å². The van der Waals surface area contributed by atoms with E-state index in [0.717, 1.165) is 29.4 Å². The lowest BCUT2D eigenvalue weighted by Crippen LogP contribution is -2.26. The highest BCUT2D eigenvalue weighted by atomic mass is 32.2. The van der Waals surface area contributed by atoms with E-state index < -0.39 is 0 Å². The van der Waals surface area contributed by atoms with Crippen molar-refractivity contribution in [2.45, 2.75) is 30.5 Å². The van der Waals surface area contributed by atoms with E-state index in [1.165, 1.54) is 16.9 Å². The van der Waals surface area contributed by atoms with Gasteiger partial charge in [0.25, 0.3) is 5.91 Å². The molecule has 7 heteroatoms. The standard InChI is InChI=1S/C15H17N3O2S2/c19-14(12-7-4-8-20-12)16-15-18-17-13(22-15)10-21-9-11-5-2-1-3-6-11/h1-3,5-6,12H,4,7-10H2,(H,16,18,19). The Morgan fingerprint density at radius 1 is 1.32 bits per heavy atom. The Morgan fingerprint density at radius 3 is 2.95 bits per heavy atom. The zero-order valence-corrected chi connectivity index (χ0v) is 13.7. The number of aromatic nitrogens is 2. The minimum Gasteiger partial charge on any atom is -0.368 e. The first-order valence-electron chi connectivity index (χ1n) is 7.18. The smallest absolute Gasteiger partial charge is 0.255 e. The summed E-state index contributed by atoms with van der Waals surface area (Å²) in [6.07, 6.45) is 1.39. The van der Waals surface area contributed by atoms with Crippen LogP contribution in [0.5, 0.6) is 0 Å². The van der Waals surface area contributed by atoms with Crippen LogP contribution in [0.3, 0.4) is 0 Å². The highest BCUT2D eigenvalue weighted by Gasteiger charge is 2.24. The quantitative estimate of drug-likeness (QED) is 0.879. The van der Waals surface area contributed by atoms with Crippen LogP contribution in [-0.4, -0.2) is 28.8 Å². The third-order valence-corrected chi connectivity index (χ3v) is 5.29. The fourth-order valence-corrected chi connectivity index (χ4v) is 3.95. The fraction of sp³-hybridized carbons (Fsp3) is 0.400. The number of hydrogen-bond donors (Lipinski definition) is 1. The minimum atomic E-state index is -0.334. The first-order chi connectivity index (χ1) is 10.8. The molecule has 1 amide bonds. The molecule has 1 aromatic carbocycles. The van der Waals surface area contributed by atoms with Gasteiger partial charge in [-0.25, -0.2) is 0 Å². The Balaban J connectivity index is 1.45. The second-order valence-corrected chi connectivity index (χ2v) is 7.02. The molecular weight excluding hydrogens is 318 g/mol. The van der Waals surface area contributed by atoms with Gasteiger partial charge in [0.05, 0.1) is 0 Å². The van der Waals surface area contributed by atoms with Crippen LogP contribution in [0.2, 0.25) is 0 Å². The van der Waals surface area contributed by atoms with Crippen molar-refractivity contribution < 1.29 is 9.53 Å². The van der Waals surface area contributed by atoms with E-state index in [4.69, 9.17) is 4.74 Å². The van der Waals surface area contributed by atoms with Gasteiger partial charge in [-0.15, -0.1) is 22.0 Å². The SMILES string of the molecule is O=C(Nc1nnc(CSCc2ccccc2)s1)C1CCCO1. The number of anilines is 1. The van der Waals surface area contributed by atoms with Crippen molar-refractivity contribution in [3.63, 3.8) is 0 Å². The van der Waals surface area contributed by atoms with Gasteiger partial charge in [-0.3, -0.25) is 10.1 Å². The molecule has 0 bridgehead atoms. The summed E-state index contributed by atoms with van der Waals surface area (Å²) >= 11 is 3.21. The monoisotopic (exact) mass is 335 g/mol. The van der Waals surface area contributed by atoms with E-state index in [2.05, 4.69) is 27.6 Å². The van der Waals surface area contributed by atoms with Gasteiger partial charge in [-0.2, -0.15) is 0 Å². The van der Waals surface area contributed by atoms with Gasteiger partial charge >= 0.3 is 0 Å². The maximum Gasteiger partial charge on any atom is 0.255 e. The molecule has 1 fully saturated rings. The summed E-state index contributed by atoms with van der Waals surface area (Å²) in [7, 11) is 0. The van der Waals surface area contributed by atoms with Crippen molar-refractivity contribution in [1.29, 1.82) is 0 Å². The molecule has 1 saturated heterocycles. The third-order valence-electron chi connectivity index (χ3n) is 3.26. The van der Waals surface area contributed by atoms with Crippen molar-refractivity contribution in [2.75, 3.05) is 11.9 Å². The van der Waals surface area contributed by atoms with Gasteiger partial charge in [0.1, 0.15) is 11.1 Å². The molecule has 3 rings (SSSR count). The second-order valence-electron chi connectivity index (χ2n) is 4.97. The molecule has 1 aliphatic heterocycles. The molecule has 22 heavy (non-hydrogen) atoms. The predicted octanol–water partition coefficient (Wildman–Crippen LogP) is 3.09. The number of thioether (sulfide) groups is 1. The van der Waals surface area contributed by atoms with Gasteiger partial charge in [0.15, 0.2) is 0 Å². The molecule has 0 saturated carbocycles. The van der Waals surface area contributed by atoms with Gasteiger partial charge in [0, 0.05) is 18.1 Å². The van der Waals surface area contributed by atoms with Crippen molar-refractivity contribution in [3.8, 4) is 0 Å². The van der Waals surface area contributed by atoms with Crippen molar-refractivity contribution in [3.05, 3.63) is 40.9 Å². The van der Waals surface area contributed by atoms with Crippen LogP contribution >= 0.6 is 23.1 Å². The number of carbonyl (C=O) groups excluding carboxylic acids is 1. The van der Waals surface area contributed by atoms with Crippen molar-refractivity contribution >= 4 is 34.1 Å². The zero-order chi connectivity index (χ0) is 15.2. The zero-order valence-electron chi connectivity index (χ0n) is 12.0. The molecule has 1 aromatic heterocycles. The third kappa shape index (κ3) is 4.28. The van der Waals surface area contributed by atoms with E-state index >= 15 is 0 Å². The Bertz CT molecular complexity index is 612. The maximum absolute atomic E-state index is 11.9. The van der Waals surface area contributed by atoms with Crippen LogP contribution in [0, 0.1) is 0 Å². The van der Waals surface area contributed by atoms with Crippen molar-refractivity contribution in [2.24, 2.45) is 0 Å². The van der Waals surface area contributed by atoms with Gasteiger partial charge in [-0.05, 0) is 18.4 Å². The first kappa shape index (κ1) is 15.5. The molecule has 1 N–H and O–H groups in total. The average molecular weight is 335 g/mol. The van der Waals surface area contributed by atoms with E-state index in [-0.39, 0.29) is 12.0 Å². The number of carbonyl (C=O) groups is 1. The normalized spacial score (nSPS) is 17.5. The molecule has 116 valence electrons. The van der Waals surface area contributed by atoms with Crippen LogP contribution in [-0.2, 0) is 21.0 Å². The fourth-order valence-electron chi connectivity index (χ4n) is 2.16. The number of ether oxygens (including phenoxy) is 1. The molecule has 5 nitrogen and oxygen atoms in total. The molecule has 0 spiro atoms. The highest BCUT2D eigenvalue weighted by molar-refractivity contribution is 7.97. The number of amides is 1. The lowest BCUT2D eigenvalue weighted by atomic mass is 10.2. The molecule has 1 atom stereocenters. The highest BCUT2D eigenvalue weighted by Crippen LogP contribution is 2.23. The van der Waals surface area contributed by atoms with E-state index in [1.54, 1.807) is 11.8 Å². The number of hydrogen-bond acceptors (Lipinski definition) is 6. The first-order valence-corrected chi connectivity index (χ1v) is 9.15. The lowest BCUT2D eigenvalue weighted by Gasteiger charge is -2.06. The Labute approximate surface area is 137 Å². The van der Waals surface area contributed by atoms with Crippen molar-refractivity contribution in [1.82, 2.24) is 10.2 Å². The summed E-state index contributed by atoms with van der Waals surface area (Å²) in [4.78, 5) is 11.9. The molecule has 0 radical (unpaired) electrons. The Hall–Kier alpha value is -1.44. The molecule has 2 aromatic rings. The van der Waals surface area contributed by atoms with E-state index in [0.29, 0.717) is 11.7 Å². The predicted molar refractivity (Wildman–Crippen MR) is 89.0 cm³/mol. The topological polar surface area (TPSA) is 64.1 Å². The van der Waals surface area contributed by atoms with Gasteiger partial charge in [0.2, 0.25) is 5.13 Å². The number of nitrogens with one attached hydrogen (secondary N) is 1. The minimum absolute atomic E-state index is 0.114. The maximum atomic E-state index is 11.9. The summed E-state index contributed by atoms with van der Waals surface area (Å²) < 4.78 is 5.35. The summed E-state index contributed by atoms with van der Waals surface area (Å²) in [5.41, 5.74) is 1.30. The summed E-state index contributed by atoms with van der Waals surface area (Å²) in [6.45, 7) is 0.662. The van der Waals surface area contributed by atoms with Crippen LogP contribution < -0.4 is 5.32 Å². The summed E-state index contributed by atoms with van der Waals surface area (Å²) in [5.74, 6) is 1.62. The number of benzene rings is 1. The van der Waals surface area contributed by atoms with Gasteiger partial charge in [-0.1, -0.05) is 41.7 Å². The average Bonchev–Trinajstić information content (AvgIpc) is 3.20. The van der Waals surface area contributed by atoms with Crippen LogP contribution in [0.4, 0.5) is 5.13 Å². The molecule has 1 aliphatic rings. The molecular formula is C15H17N3O2S2. The molecule has 2 heterocycles. The van der Waals surface area contributed by atoms with Crippen LogP contribution in [0.25, 0.3) is 0 Å². The van der Waals surface area contributed by atoms with Gasteiger partial charge < -0.3 is 4.74 Å². The molecule has 1 unspecified atom stereocenters. The molecule has 0 aliphatic carbocycles.